The molecule has 1 aliphatic rings. The minimum atomic E-state index is 0.931. The van der Waals surface area contributed by atoms with Gasteiger partial charge in [0.2, 0.25) is 0 Å². The highest BCUT2D eigenvalue weighted by Crippen LogP contribution is 2.29. The summed E-state index contributed by atoms with van der Waals surface area (Å²) in [5, 5.41) is 8.24. The van der Waals surface area contributed by atoms with Crippen molar-refractivity contribution in [1.82, 2.24) is 5.48 Å². The predicted molar refractivity (Wildman–Crippen MR) is 26.9 cm³/mol. The summed E-state index contributed by atoms with van der Waals surface area (Å²) in [6, 6.07) is 0. The molecule has 7 heavy (non-hydrogen) atoms. The minimum absolute atomic E-state index is 0.931. The molecule has 2 heteroatoms. The van der Waals surface area contributed by atoms with Gasteiger partial charge in [-0.2, -0.15) is 0 Å². The summed E-state index contributed by atoms with van der Waals surface area (Å²) in [4.78, 5) is 0. The first-order chi connectivity index (χ1) is 3.34. The number of hydrogen-bond donors (Lipinski definition) is 2. The van der Waals surface area contributed by atoms with E-state index in [9.17, 15) is 0 Å². The van der Waals surface area contributed by atoms with E-state index in [1.807, 2.05) is 6.92 Å². The van der Waals surface area contributed by atoms with E-state index in [4.69, 9.17) is 5.21 Å². The number of allylic oxidation sites excluding steroid dienone is 2. The van der Waals surface area contributed by atoms with Crippen LogP contribution in [0.5, 0.6) is 0 Å². The van der Waals surface area contributed by atoms with Crippen LogP contribution in [0.15, 0.2) is 11.3 Å². The van der Waals surface area contributed by atoms with Gasteiger partial charge in [-0.3, -0.25) is 10.7 Å². The Bertz CT molecular complexity index is 101. The van der Waals surface area contributed by atoms with Crippen molar-refractivity contribution in [3.8, 4) is 0 Å². The fourth-order valence-corrected chi connectivity index (χ4v) is 0.517. The van der Waals surface area contributed by atoms with Crippen LogP contribution in [0.1, 0.15) is 19.8 Å². The van der Waals surface area contributed by atoms with Crippen molar-refractivity contribution < 1.29 is 5.21 Å². The van der Waals surface area contributed by atoms with Crippen LogP contribution >= 0.6 is 0 Å². The summed E-state index contributed by atoms with van der Waals surface area (Å²) in [6.45, 7) is 1.88. The van der Waals surface area contributed by atoms with Gasteiger partial charge in [-0.1, -0.05) is 0 Å². The van der Waals surface area contributed by atoms with Gasteiger partial charge in [0.25, 0.3) is 0 Å². The van der Waals surface area contributed by atoms with Gasteiger partial charge in [0.15, 0.2) is 0 Å². The van der Waals surface area contributed by atoms with Gasteiger partial charge in [-0.25, -0.2) is 0 Å². The van der Waals surface area contributed by atoms with Crippen LogP contribution in [0.3, 0.4) is 0 Å². The molecule has 1 saturated carbocycles. The van der Waals surface area contributed by atoms with Gasteiger partial charge in [0.05, 0.1) is 0 Å². The molecule has 0 aromatic rings. The average Bonchev–Trinajstić information content (AvgIpc) is 2.44. The second-order valence-corrected chi connectivity index (χ2v) is 1.84. The largest absolute Gasteiger partial charge is 0.291 e. The molecule has 0 spiro atoms. The predicted octanol–water partition coefficient (Wildman–Crippen LogP) is 1.03. The monoisotopic (exact) mass is 99.1 g/mol. The quantitative estimate of drug-likeness (QED) is 0.481. The van der Waals surface area contributed by atoms with Gasteiger partial charge in [-0.05, 0) is 25.3 Å². The lowest BCUT2D eigenvalue weighted by Crippen LogP contribution is -2.01. The normalized spacial score (nSPS) is 16.6. The highest BCUT2D eigenvalue weighted by atomic mass is 16.5. The van der Waals surface area contributed by atoms with Crippen molar-refractivity contribution in [1.29, 1.82) is 0 Å². The maximum Gasteiger partial charge on any atom is 0.0337 e. The summed E-state index contributed by atoms with van der Waals surface area (Å²) in [7, 11) is 0. The van der Waals surface area contributed by atoms with Crippen LogP contribution in [0, 0.1) is 0 Å². The molecule has 0 amide bonds. The van der Waals surface area contributed by atoms with E-state index in [0.29, 0.717) is 0 Å². The number of rotatable bonds is 1. The molecule has 0 bridgehead atoms. The van der Waals surface area contributed by atoms with Crippen molar-refractivity contribution in [2.75, 3.05) is 0 Å². The maximum atomic E-state index is 8.24. The van der Waals surface area contributed by atoms with Crippen LogP contribution < -0.4 is 5.48 Å². The molecule has 1 aliphatic carbocycles. The van der Waals surface area contributed by atoms with Gasteiger partial charge >= 0.3 is 0 Å². The Morgan fingerprint density at radius 2 is 2.29 bits per heavy atom. The van der Waals surface area contributed by atoms with E-state index in [-0.39, 0.29) is 0 Å². The Balaban J connectivity index is 2.49. The molecule has 0 unspecified atom stereocenters. The zero-order valence-electron chi connectivity index (χ0n) is 4.36. The third kappa shape index (κ3) is 0.933. The van der Waals surface area contributed by atoms with Gasteiger partial charge in [0, 0.05) is 5.70 Å². The standard InChI is InChI=1S/C5H9NO/c1-4(6-7)5-2-3-5/h6-7H,2-3H2,1H3. The summed E-state index contributed by atoms with van der Waals surface area (Å²) in [5.41, 5.74) is 4.39. The van der Waals surface area contributed by atoms with Crippen molar-refractivity contribution in [3.63, 3.8) is 0 Å². The van der Waals surface area contributed by atoms with Crippen LogP contribution in [0.4, 0.5) is 0 Å². The third-order valence-corrected chi connectivity index (χ3v) is 1.20. The fraction of sp³-hybridized carbons (Fsp3) is 0.600. The summed E-state index contributed by atoms with van der Waals surface area (Å²) < 4.78 is 0. The highest BCUT2D eigenvalue weighted by molar-refractivity contribution is 5.21. The highest BCUT2D eigenvalue weighted by Gasteiger charge is 2.13. The first-order valence-corrected chi connectivity index (χ1v) is 2.43. The molecule has 0 radical (unpaired) electrons. The van der Waals surface area contributed by atoms with Crippen LogP contribution in [0.25, 0.3) is 0 Å². The molecule has 0 aromatic heterocycles. The lowest BCUT2D eigenvalue weighted by Gasteiger charge is -1.91. The molecule has 0 aromatic carbocycles. The van der Waals surface area contributed by atoms with Gasteiger partial charge < -0.3 is 0 Å². The van der Waals surface area contributed by atoms with Crippen molar-refractivity contribution in [3.05, 3.63) is 11.3 Å². The minimum Gasteiger partial charge on any atom is -0.291 e. The van der Waals surface area contributed by atoms with E-state index >= 15 is 0 Å². The molecule has 40 valence electrons. The van der Waals surface area contributed by atoms with Crippen molar-refractivity contribution in [2.24, 2.45) is 0 Å². The lowest BCUT2D eigenvalue weighted by molar-refractivity contribution is 0.200. The molecule has 1 fully saturated rings. The van der Waals surface area contributed by atoms with Crippen LogP contribution in [-0.2, 0) is 0 Å². The molecule has 0 heterocycles. The molecule has 1 rings (SSSR count). The second-order valence-electron chi connectivity index (χ2n) is 1.84. The Hall–Kier alpha value is -0.500. The van der Waals surface area contributed by atoms with E-state index < -0.39 is 0 Å². The first-order valence-electron chi connectivity index (χ1n) is 2.43. The van der Waals surface area contributed by atoms with E-state index in [0.717, 1.165) is 5.70 Å². The maximum absolute atomic E-state index is 8.24. The Kier molecular flexibility index (Phi) is 1.02. The Labute approximate surface area is 42.8 Å². The second kappa shape index (κ2) is 1.54. The molecule has 2 N–H and O–H groups in total. The molecular formula is C5H9NO. The SMILES string of the molecule is CC(NO)=C1CC1. The van der Waals surface area contributed by atoms with Gasteiger partial charge in [-0.15, -0.1) is 0 Å². The summed E-state index contributed by atoms with van der Waals surface area (Å²) >= 11 is 0. The van der Waals surface area contributed by atoms with Crippen LogP contribution in [-0.4, -0.2) is 5.21 Å². The number of nitrogens with one attached hydrogen (secondary N) is 1. The van der Waals surface area contributed by atoms with E-state index in [1.165, 1.54) is 18.4 Å². The molecule has 0 atom stereocenters. The summed E-state index contributed by atoms with van der Waals surface area (Å²) in [5.74, 6) is 0. The van der Waals surface area contributed by atoms with Crippen LogP contribution in [0.2, 0.25) is 0 Å². The zero-order valence-corrected chi connectivity index (χ0v) is 4.36. The smallest absolute Gasteiger partial charge is 0.0337 e. The average molecular weight is 99.1 g/mol. The zero-order chi connectivity index (χ0) is 5.28. The number of hydrogen-bond acceptors (Lipinski definition) is 2. The van der Waals surface area contributed by atoms with E-state index in [1.54, 1.807) is 0 Å². The third-order valence-electron chi connectivity index (χ3n) is 1.20. The Morgan fingerprint density at radius 3 is 2.43 bits per heavy atom. The van der Waals surface area contributed by atoms with E-state index in [2.05, 4.69) is 5.48 Å². The topological polar surface area (TPSA) is 32.3 Å². The Morgan fingerprint density at radius 1 is 1.71 bits per heavy atom. The van der Waals surface area contributed by atoms with Crippen molar-refractivity contribution in [2.45, 2.75) is 19.8 Å². The number of hydroxylamine groups is 1. The van der Waals surface area contributed by atoms with Gasteiger partial charge in [0.1, 0.15) is 0 Å². The first kappa shape index (κ1) is 4.65. The fourth-order valence-electron chi connectivity index (χ4n) is 0.517. The lowest BCUT2D eigenvalue weighted by atomic mass is 10.4. The molecular weight excluding hydrogens is 90.1 g/mol. The molecule has 0 aliphatic heterocycles. The molecule has 0 saturated heterocycles. The summed E-state index contributed by atoms with van der Waals surface area (Å²) in [6.07, 6.45) is 2.33. The van der Waals surface area contributed by atoms with Crippen molar-refractivity contribution >= 4 is 0 Å². The molecule has 2 nitrogen and oxygen atoms in total.